The summed E-state index contributed by atoms with van der Waals surface area (Å²) in [6.07, 6.45) is 4.74. The van der Waals surface area contributed by atoms with E-state index >= 15 is 0 Å². The molecule has 3 rings (SSSR count). The van der Waals surface area contributed by atoms with Crippen LogP contribution >= 0.6 is 0 Å². The normalized spacial score (nSPS) is 23.1. The molecular formula is C12H18N4O3S. The van der Waals surface area contributed by atoms with Gasteiger partial charge in [0.25, 0.3) is 0 Å². The second-order valence-corrected chi connectivity index (χ2v) is 8.16. The number of hydrogen-bond donors (Lipinski definition) is 0. The first-order valence-electron chi connectivity index (χ1n) is 6.62. The summed E-state index contributed by atoms with van der Waals surface area (Å²) in [6, 6.07) is 0. The standard InChI is InChI=1S/C12H18N4O3S/c1-12(3-4-12)20(18,19)15-5-6-16(11(17)9-15)10-7-13-14(2)8-10/h7-8H,3-6,9H2,1-2H3. The summed E-state index contributed by atoms with van der Waals surface area (Å²) in [7, 11) is -1.58. The van der Waals surface area contributed by atoms with Crippen molar-refractivity contribution in [3.63, 3.8) is 0 Å². The monoisotopic (exact) mass is 298 g/mol. The van der Waals surface area contributed by atoms with Crippen molar-refractivity contribution in [3.8, 4) is 0 Å². The number of carbonyl (C=O) groups excluding carboxylic acids is 1. The first kappa shape index (κ1) is 13.6. The van der Waals surface area contributed by atoms with E-state index in [2.05, 4.69) is 5.10 Å². The van der Waals surface area contributed by atoms with Gasteiger partial charge in [-0.15, -0.1) is 0 Å². The number of anilines is 1. The third-order valence-corrected chi connectivity index (χ3v) is 6.75. The fraction of sp³-hybridized carbons (Fsp3) is 0.667. The van der Waals surface area contributed by atoms with Gasteiger partial charge < -0.3 is 4.90 Å². The number of aromatic nitrogens is 2. The van der Waals surface area contributed by atoms with Crippen LogP contribution in [0.25, 0.3) is 0 Å². The summed E-state index contributed by atoms with van der Waals surface area (Å²) >= 11 is 0. The second kappa shape index (κ2) is 4.29. The van der Waals surface area contributed by atoms with E-state index in [0.29, 0.717) is 31.6 Å². The number of aryl methyl sites for hydroxylation is 1. The maximum absolute atomic E-state index is 12.4. The van der Waals surface area contributed by atoms with Gasteiger partial charge in [-0.05, 0) is 19.8 Å². The van der Waals surface area contributed by atoms with Crippen molar-refractivity contribution in [3.05, 3.63) is 12.4 Å². The van der Waals surface area contributed by atoms with Crippen molar-refractivity contribution in [2.45, 2.75) is 24.5 Å². The van der Waals surface area contributed by atoms with Crippen molar-refractivity contribution >= 4 is 21.6 Å². The molecular weight excluding hydrogens is 280 g/mol. The molecule has 2 heterocycles. The van der Waals surface area contributed by atoms with Crippen LogP contribution in [-0.4, -0.2) is 52.8 Å². The van der Waals surface area contributed by atoms with E-state index in [4.69, 9.17) is 0 Å². The van der Waals surface area contributed by atoms with E-state index < -0.39 is 14.8 Å². The Kier molecular flexibility index (Phi) is 2.91. The van der Waals surface area contributed by atoms with Gasteiger partial charge in [0.2, 0.25) is 15.9 Å². The fourth-order valence-corrected chi connectivity index (χ4v) is 4.27. The molecule has 0 radical (unpaired) electrons. The number of sulfonamides is 1. The van der Waals surface area contributed by atoms with Gasteiger partial charge in [0.05, 0.1) is 23.2 Å². The second-order valence-electron chi connectivity index (χ2n) is 5.71. The average molecular weight is 298 g/mol. The molecule has 0 aromatic carbocycles. The van der Waals surface area contributed by atoms with Crippen molar-refractivity contribution in [2.24, 2.45) is 7.05 Å². The van der Waals surface area contributed by atoms with Gasteiger partial charge in [0.1, 0.15) is 0 Å². The maximum atomic E-state index is 12.4. The lowest BCUT2D eigenvalue weighted by Crippen LogP contribution is -2.54. The molecule has 1 saturated carbocycles. The Morgan fingerprint density at radius 1 is 1.30 bits per heavy atom. The highest BCUT2D eigenvalue weighted by molar-refractivity contribution is 7.90. The largest absolute Gasteiger partial charge is 0.307 e. The first-order valence-corrected chi connectivity index (χ1v) is 8.06. The number of piperazine rings is 1. The molecule has 2 aliphatic rings. The van der Waals surface area contributed by atoms with Crippen LogP contribution in [-0.2, 0) is 21.9 Å². The lowest BCUT2D eigenvalue weighted by Gasteiger charge is -2.34. The summed E-state index contributed by atoms with van der Waals surface area (Å²) in [5, 5.41) is 4.03. The minimum Gasteiger partial charge on any atom is -0.307 e. The molecule has 0 unspecified atom stereocenters. The third kappa shape index (κ3) is 2.03. The molecule has 1 aliphatic heterocycles. The van der Waals surface area contributed by atoms with E-state index in [1.165, 1.54) is 4.31 Å². The average Bonchev–Trinajstić information content (AvgIpc) is 3.01. The van der Waals surface area contributed by atoms with Crippen molar-refractivity contribution in [1.29, 1.82) is 0 Å². The van der Waals surface area contributed by atoms with Gasteiger partial charge in [-0.3, -0.25) is 9.48 Å². The number of nitrogens with zero attached hydrogens (tertiary/aromatic N) is 4. The molecule has 0 bridgehead atoms. The number of rotatable bonds is 3. The third-order valence-electron chi connectivity index (χ3n) is 4.11. The molecule has 0 spiro atoms. The van der Waals surface area contributed by atoms with Gasteiger partial charge in [0.15, 0.2) is 0 Å². The SMILES string of the molecule is Cn1cc(N2CCN(S(=O)(=O)C3(C)CC3)CC2=O)cn1. The van der Waals surface area contributed by atoms with Crippen molar-refractivity contribution in [1.82, 2.24) is 14.1 Å². The van der Waals surface area contributed by atoms with E-state index in [1.54, 1.807) is 35.9 Å². The summed E-state index contributed by atoms with van der Waals surface area (Å²) < 4.78 is 27.1. The zero-order valence-corrected chi connectivity index (χ0v) is 12.4. The van der Waals surface area contributed by atoms with Crippen LogP contribution in [0.5, 0.6) is 0 Å². The predicted octanol–water partition coefficient (Wildman–Crippen LogP) is -0.0490. The molecule has 20 heavy (non-hydrogen) atoms. The van der Waals surface area contributed by atoms with Crippen LogP contribution in [0.4, 0.5) is 5.69 Å². The molecule has 110 valence electrons. The number of amides is 1. The Labute approximate surface area is 118 Å². The van der Waals surface area contributed by atoms with E-state index in [9.17, 15) is 13.2 Å². The zero-order valence-electron chi connectivity index (χ0n) is 11.6. The Balaban J connectivity index is 1.76. The predicted molar refractivity (Wildman–Crippen MR) is 73.7 cm³/mol. The molecule has 1 aromatic heterocycles. The summed E-state index contributed by atoms with van der Waals surface area (Å²) in [6.45, 7) is 2.39. The lowest BCUT2D eigenvalue weighted by atomic mass is 10.3. The molecule has 2 fully saturated rings. The molecule has 7 nitrogen and oxygen atoms in total. The Morgan fingerprint density at radius 3 is 2.50 bits per heavy atom. The summed E-state index contributed by atoms with van der Waals surface area (Å²) in [4.78, 5) is 13.8. The quantitative estimate of drug-likeness (QED) is 0.784. The van der Waals surface area contributed by atoms with Crippen molar-refractivity contribution < 1.29 is 13.2 Å². The Bertz CT molecular complexity index is 647. The van der Waals surface area contributed by atoms with Gasteiger partial charge in [0, 0.05) is 26.3 Å². The molecule has 8 heteroatoms. The summed E-state index contributed by atoms with van der Waals surface area (Å²) in [5.41, 5.74) is 0.715. The maximum Gasteiger partial charge on any atom is 0.242 e. The highest BCUT2D eigenvalue weighted by atomic mass is 32.2. The van der Waals surface area contributed by atoms with Gasteiger partial charge in [-0.2, -0.15) is 9.40 Å². The smallest absolute Gasteiger partial charge is 0.242 e. The minimum atomic E-state index is -3.36. The molecule has 0 atom stereocenters. The zero-order chi connectivity index (χ0) is 14.5. The molecule has 1 saturated heterocycles. The van der Waals surface area contributed by atoms with Crippen LogP contribution < -0.4 is 4.90 Å². The molecule has 1 aromatic rings. The van der Waals surface area contributed by atoms with Crippen LogP contribution in [0, 0.1) is 0 Å². The Hall–Kier alpha value is -1.41. The molecule has 1 amide bonds. The van der Waals surface area contributed by atoms with Crippen LogP contribution in [0.15, 0.2) is 12.4 Å². The van der Waals surface area contributed by atoms with E-state index in [1.807, 2.05) is 0 Å². The van der Waals surface area contributed by atoms with Crippen LogP contribution in [0.3, 0.4) is 0 Å². The van der Waals surface area contributed by atoms with Crippen LogP contribution in [0.2, 0.25) is 0 Å². The van der Waals surface area contributed by atoms with Crippen LogP contribution in [0.1, 0.15) is 19.8 Å². The highest BCUT2D eigenvalue weighted by Gasteiger charge is 2.53. The lowest BCUT2D eigenvalue weighted by molar-refractivity contribution is -0.119. The fourth-order valence-electron chi connectivity index (χ4n) is 2.42. The highest BCUT2D eigenvalue weighted by Crippen LogP contribution is 2.44. The molecule has 1 aliphatic carbocycles. The van der Waals surface area contributed by atoms with E-state index in [-0.39, 0.29) is 12.5 Å². The van der Waals surface area contributed by atoms with Gasteiger partial charge in [-0.25, -0.2) is 8.42 Å². The van der Waals surface area contributed by atoms with Crippen molar-refractivity contribution in [2.75, 3.05) is 24.5 Å². The number of carbonyl (C=O) groups is 1. The number of hydrogen-bond acceptors (Lipinski definition) is 4. The minimum absolute atomic E-state index is 0.0766. The first-order chi connectivity index (χ1) is 9.33. The topological polar surface area (TPSA) is 75.5 Å². The molecule has 0 N–H and O–H groups in total. The summed E-state index contributed by atoms with van der Waals surface area (Å²) in [5.74, 6) is -0.197. The van der Waals surface area contributed by atoms with Gasteiger partial charge in [-0.1, -0.05) is 0 Å². The van der Waals surface area contributed by atoms with E-state index in [0.717, 1.165) is 0 Å². The van der Waals surface area contributed by atoms with Gasteiger partial charge >= 0.3 is 0 Å². The Morgan fingerprint density at radius 2 is 2.00 bits per heavy atom.